The molecule has 0 aliphatic carbocycles. The van der Waals surface area contributed by atoms with Crippen molar-refractivity contribution in [3.05, 3.63) is 42.3 Å². The van der Waals surface area contributed by atoms with Crippen LogP contribution in [0, 0.1) is 0 Å². The molecule has 1 aromatic carbocycles. The second kappa shape index (κ2) is 10.9. The highest BCUT2D eigenvalue weighted by molar-refractivity contribution is 14.0. The number of rotatable bonds is 6. The zero-order valence-corrected chi connectivity index (χ0v) is 18.5. The molecule has 148 valence electrons. The van der Waals surface area contributed by atoms with Gasteiger partial charge >= 0.3 is 0 Å². The standard InChI is InChI=1S/C19H27N5O2.HI/c1-5-20-18(22-12-16(25)24-19(2,3)4)21-11-15-13-26-17(23-15)14-9-7-6-8-10-14;/h6-10,13H,5,11-12H2,1-4H3,(H,24,25)(H2,20,21,22);1H. The Bertz CT molecular complexity index is 738. The van der Waals surface area contributed by atoms with Crippen molar-refractivity contribution in [2.45, 2.75) is 39.8 Å². The summed E-state index contributed by atoms with van der Waals surface area (Å²) in [6.45, 7) is 9.00. The molecule has 0 aliphatic rings. The van der Waals surface area contributed by atoms with Crippen LogP contribution in [0.2, 0.25) is 0 Å². The van der Waals surface area contributed by atoms with Crippen LogP contribution in [-0.2, 0) is 11.3 Å². The van der Waals surface area contributed by atoms with Crippen LogP contribution >= 0.6 is 24.0 Å². The molecule has 0 fully saturated rings. The highest BCUT2D eigenvalue weighted by Crippen LogP contribution is 2.18. The molecule has 2 aromatic rings. The summed E-state index contributed by atoms with van der Waals surface area (Å²) < 4.78 is 5.51. The molecule has 0 atom stereocenters. The Hall–Kier alpha value is -2.10. The molecule has 27 heavy (non-hydrogen) atoms. The minimum Gasteiger partial charge on any atom is -0.444 e. The smallest absolute Gasteiger partial charge is 0.239 e. The van der Waals surface area contributed by atoms with E-state index in [0.717, 1.165) is 11.3 Å². The second-order valence-electron chi connectivity index (χ2n) is 6.86. The number of nitrogens with zero attached hydrogens (tertiary/aromatic N) is 2. The van der Waals surface area contributed by atoms with Crippen molar-refractivity contribution in [2.75, 3.05) is 13.1 Å². The quantitative estimate of drug-likeness (QED) is 0.333. The van der Waals surface area contributed by atoms with E-state index in [1.807, 2.05) is 58.0 Å². The molecular formula is C19H28IN5O2. The number of amides is 1. The van der Waals surface area contributed by atoms with E-state index in [2.05, 4.69) is 25.9 Å². The predicted molar refractivity (Wildman–Crippen MR) is 118 cm³/mol. The fraction of sp³-hybridized carbons (Fsp3) is 0.421. The summed E-state index contributed by atoms with van der Waals surface area (Å²) >= 11 is 0. The van der Waals surface area contributed by atoms with Crippen molar-refractivity contribution < 1.29 is 9.21 Å². The first kappa shape index (κ1) is 22.9. The lowest BCUT2D eigenvalue weighted by molar-refractivity contribution is -0.121. The van der Waals surface area contributed by atoms with Gasteiger partial charge in [0, 0.05) is 17.6 Å². The maximum Gasteiger partial charge on any atom is 0.239 e. The Morgan fingerprint density at radius 2 is 1.89 bits per heavy atom. The van der Waals surface area contributed by atoms with E-state index in [4.69, 9.17) is 4.42 Å². The first-order valence-electron chi connectivity index (χ1n) is 8.70. The summed E-state index contributed by atoms with van der Waals surface area (Å²) in [7, 11) is 0. The van der Waals surface area contributed by atoms with E-state index < -0.39 is 0 Å². The average Bonchev–Trinajstić information content (AvgIpc) is 3.05. The number of oxazole rings is 1. The third kappa shape index (κ3) is 8.42. The van der Waals surface area contributed by atoms with Crippen molar-refractivity contribution in [3.63, 3.8) is 0 Å². The SMILES string of the molecule is CCNC(=NCc1coc(-c2ccccc2)n1)NCC(=O)NC(C)(C)C.I. The molecule has 3 N–H and O–H groups in total. The third-order valence-electron chi connectivity index (χ3n) is 3.25. The molecule has 1 heterocycles. The van der Waals surface area contributed by atoms with Crippen LogP contribution in [-0.4, -0.2) is 35.5 Å². The van der Waals surface area contributed by atoms with Crippen molar-refractivity contribution in [2.24, 2.45) is 4.99 Å². The molecule has 0 bridgehead atoms. The van der Waals surface area contributed by atoms with Crippen LogP contribution in [0.5, 0.6) is 0 Å². The van der Waals surface area contributed by atoms with Crippen molar-refractivity contribution in [1.82, 2.24) is 20.9 Å². The predicted octanol–water partition coefficient (Wildman–Crippen LogP) is 2.93. The van der Waals surface area contributed by atoms with Gasteiger partial charge in [0.25, 0.3) is 0 Å². The van der Waals surface area contributed by atoms with Crippen molar-refractivity contribution in [3.8, 4) is 11.5 Å². The molecule has 0 aliphatic heterocycles. The monoisotopic (exact) mass is 485 g/mol. The molecule has 0 radical (unpaired) electrons. The highest BCUT2D eigenvalue weighted by atomic mass is 127. The van der Waals surface area contributed by atoms with Crippen LogP contribution in [0.15, 0.2) is 46.0 Å². The molecule has 8 heteroatoms. The lowest BCUT2D eigenvalue weighted by Gasteiger charge is -2.21. The summed E-state index contributed by atoms with van der Waals surface area (Å²) in [5.41, 5.74) is 1.38. The molecule has 2 rings (SSSR count). The molecule has 0 saturated carbocycles. The summed E-state index contributed by atoms with van der Waals surface area (Å²) in [4.78, 5) is 20.8. The number of guanidine groups is 1. The summed E-state index contributed by atoms with van der Waals surface area (Å²) in [5.74, 6) is 1.04. The van der Waals surface area contributed by atoms with E-state index in [9.17, 15) is 4.79 Å². The largest absolute Gasteiger partial charge is 0.444 e. The van der Waals surface area contributed by atoms with Crippen LogP contribution in [0.3, 0.4) is 0 Å². The molecule has 1 aromatic heterocycles. The number of hydrogen-bond donors (Lipinski definition) is 3. The zero-order valence-electron chi connectivity index (χ0n) is 16.2. The number of aliphatic imine (C=N–C) groups is 1. The van der Waals surface area contributed by atoms with Crippen LogP contribution in [0.4, 0.5) is 0 Å². The average molecular weight is 485 g/mol. The fourth-order valence-corrected chi connectivity index (χ4v) is 2.22. The third-order valence-corrected chi connectivity index (χ3v) is 3.25. The van der Waals surface area contributed by atoms with Gasteiger partial charge in [0.1, 0.15) is 12.0 Å². The summed E-state index contributed by atoms with van der Waals surface area (Å²) in [6, 6.07) is 9.71. The van der Waals surface area contributed by atoms with Crippen LogP contribution in [0.25, 0.3) is 11.5 Å². The number of hydrogen-bond acceptors (Lipinski definition) is 4. The van der Waals surface area contributed by atoms with Gasteiger partial charge in [-0.15, -0.1) is 24.0 Å². The maximum absolute atomic E-state index is 11.9. The number of carbonyl (C=O) groups is 1. The van der Waals surface area contributed by atoms with Crippen LogP contribution in [0.1, 0.15) is 33.4 Å². The van der Waals surface area contributed by atoms with E-state index >= 15 is 0 Å². The van der Waals surface area contributed by atoms with Crippen molar-refractivity contribution in [1.29, 1.82) is 0 Å². The Balaban J connectivity index is 0.00000364. The van der Waals surface area contributed by atoms with E-state index in [0.29, 0.717) is 24.9 Å². The molecule has 0 saturated heterocycles. The minimum absolute atomic E-state index is 0. The Morgan fingerprint density at radius 3 is 2.52 bits per heavy atom. The van der Waals surface area contributed by atoms with Gasteiger partial charge in [-0.2, -0.15) is 0 Å². The van der Waals surface area contributed by atoms with E-state index in [1.54, 1.807) is 6.26 Å². The summed E-state index contributed by atoms with van der Waals surface area (Å²) in [6.07, 6.45) is 1.60. The Morgan fingerprint density at radius 1 is 1.19 bits per heavy atom. The lowest BCUT2D eigenvalue weighted by atomic mass is 10.1. The fourth-order valence-electron chi connectivity index (χ4n) is 2.22. The minimum atomic E-state index is -0.261. The van der Waals surface area contributed by atoms with E-state index in [1.165, 1.54) is 0 Å². The first-order chi connectivity index (χ1) is 12.4. The molecule has 0 unspecified atom stereocenters. The van der Waals surface area contributed by atoms with Gasteiger partial charge in [-0.25, -0.2) is 9.98 Å². The van der Waals surface area contributed by atoms with Gasteiger partial charge in [0.15, 0.2) is 5.96 Å². The van der Waals surface area contributed by atoms with E-state index in [-0.39, 0.29) is 42.0 Å². The molecular weight excluding hydrogens is 457 g/mol. The van der Waals surface area contributed by atoms with Gasteiger partial charge in [0.05, 0.1) is 13.1 Å². The Labute approximate surface area is 177 Å². The highest BCUT2D eigenvalue weighted by Gasteiger charge is 2.13. The van der Waals surface area contributed by atoms with Gasteiger partial charge in [-0.3, -0.25) is 4.79 Å². The zero-order chi connectivity index (χ0) is 19.0. The molecule has 7 nitrogen and oxygen atoms in total. The van der Waals surface area contributed by atoms with Gasteiger partial charge < -0.3 is 20.4 Å². The van der Waals surface area contributed by atoms with Crippen molar-refractivity contribution >= 4 is 35.8 Å². The molecule has 1 amide bonds. The molecule has 0 spiro atoms. The topological polar surface area (TPSA) is 91.6 Å². The summed E-state index contributed by atoms with van der Waals surface area (Å²) in [5, 5.41) is 9.03. The van der Waals surface area contributed by atoms with Gasteiger partial charge in [-0.05, 0) is 39.8 Å². The number of carbonyl (C=O) groups excluding carboxylic acids is 1. The number of benzene rings is 1. The Kier molecular flexibility index (Phi) is 9.27. The number of nitrogens with one attached hydrogen (secondary N) is 3. The lowest BCUT2D eigenvalue weighted by Crippen LogP contribution is -2.48. The first-order valence-corrected chi connectivity index (χ1v) is 8.70. The van der Waals surface area contributed by atoms with Gasteiger partial charge in [0.2, 0.25) is 11.8 Å². The second-order valence-corrected chi connectivity index (χ2v) is 6.86. The number of aromatic nitrogens is 1. The maximum atomic E-state index is 11.9. The van der Waals surface area contributed by atoms with Crippen LogP contribution < -0.4 is 16.0 Å². The van der Waals surface area contributed by atoms with Gasteiger partial charge in [-0.1, -0.05) is 18.2 Å². The number of halogens is 1. The normalized spacial score (nSPS) is 11.5.